The SMILES string of the molecule is CCn1c(CNC)cc2c(CN)cccc21. The Hall–Kier alpha value is -1.32. The van der Waals surface area contributed by atoms with Crippen molar-refractivity contribution in [1.82, 2.24) is 9.88 Å². The lowest BCUT2D eigenvalue weighted by atomic mass is 10.1. The molecule has 1 heterocycles. The van der Waals surface area contributed by atoms with Gasteiger partial charge in [-0.3, -0.25) is 0 Å². The molecule has 3 heteroatoms. The Morgan fingerprint density at radius 1 is 1.38 bits per heavy atom. The minimum Gasteiger partial charge on any atom is -0.344 e. The number of benzene rings is 1. The third kappa shape index (κ3) is 1.72. The summed E-state index contributed by atoms with van der Waals surface area (Å²) in [6.45, 7) is 4.67. The van der Waals surface area contributed by atoms with Gasteiger partial charge in [0.15, 0.2) is 0 Å². The van der Waals surface area contributed by atoms with Crippen LogP contribution in [0, 0.1) is 0 Å². The Balaban J connectivity index is 2.65. The number of aryl methyl sites for hydroxylation is 1. The lowest BCUT2D eigenvalue weighted by molar-refractivity contribution is 0.692. The Morgan fingerprint density at radius 3 is 2.81 bits per heavy atom. The highest BCUT2D eigenvalue weighted by Crippen LogP contribution is 2.23. The monoisotopic (exact) mass is 217 g/mol. The molecule has 2 rings (SSSR count). The van der Waals surface area contributed by atoms with Crippen LogP contribution in [0.4, 0.5) is 0 Å². The van der Waals surface area contributed by atoms with Crippen LogP contribution >= 0.6 is 0 Å². The van der Waals surface area contributed by atoms with E-state index in [1.54, 1.807) is 0 Å². The van der Waals surface area contributed by atoms with E-state index in [2.05, 4.69) is 41.1 Å². The van der Waals surface area contributed by atoms with Crippen LogP contribution in [0.1, 0.15) is 18.2 Å². The van der Waals surface area contributed by atoms with Crippen molar-refractivity contribution in [1.29, 1.82) is 0 Å². The number of nitrogens with one attached hydrogen (secondary N) is 1. The number of nitrogens with two attached hydrogens (primary N) is 1. The Morgan fingerprint density at radius 2 is 2.19 bits per heavy atom. The molecule has 0 bridgehead atoms. The summed E-state index contributed by atoms with van der Waals surface area (Å²) in [5.74, 6) is 0. The van der Waals surface area contributed by atoms with Crippen molar-refractivity contribution in [2.45, 2.75) is 26.6 Å². The molecular weight excluding hydrogens is 198 g/mol. The summed E-state index contributed by atoms with van der Waals surface area (Å²) in [4.78, 5) is 0. The standard InChI is InChI=1S/C13H19N3/c1-3-16-11(9-15-2)7-12-10(8-14)5-4-6-13(12)16/h4-7,15H,3,8-9,14H2,1-2H3. The summed E-state index contributed by atoms with van der Waals surface area (Å²) in [6.07, 6.45) is 0. The quantitative estimate of drug-likeness (QED) is 0.820. The highest BCUT2D eigenvalue weighted by atomic mass is 15.0. The van der Waals surface area contributed by atoms with Gasteiger partial charge in [-0.05, 0) is 31.7 Å². The van der Waals surface area contributed by atoms with Crippen molar-refractivity contribution in [2.75, 3.05) is 7.05 Å². The minimum atomic E-state index is 0.601. The van der Waals surface area contributed by atoms with Crippen molar-refractivity contribution >= 4 is 10.9 Å². The smallest absolute Gasteiger partial charge is 0.0486 e. The van der Waals surface area contributed by atoms with Crippen molar-refractivity contribution in [3.05, 3.63) is 35.5 Å². The highest BCUT2D eigenvalue weighted by Gasteiger charge is 2.08. The van der Waals surface area contributed by atoms with Gasteiger partial charge in [0.2, 0.25) is 0 Å². The third-order valence-corrected chi connectivity index (χ3v) is 3.02. The predicted octanol–water partition coefficient (Wildman–Crippen LogP) is 1.84. The van der Waals surface area contributed by atoms with Crippen LogP contribution in [0.5, 0.6) is 0 Å². The van der Waals surface area contributed by atoms with E-state index in [0.29, 0.717) is 6.54 Å². The lowest BCUT2D eigenvalue weighted by Gasteiger charge is -2.07. The molecule has 16 heavy (non-hydrogen) atoms. The van der Waals surface area contributed by atoms with E-state index in [-0.39, 0.29) is 0 Å². The molecule has 0 aliphatic carbocycles. The lowest BCUT2D eigenvalue weighted by Crippen LogP contribution is -2.10. The molecule has 0 saturated carbocycles. The molecule has 0 amide bonds. The first-order valence-electron chi connectivity index (χ1n) is 5.76. The van der Waals surface area contributed by atoms with Gasteiger partial charge in [0.25, 0.3) is 0 Å². The summed E-state index contributed by atoms with van der Waals surface area (Å²) in [5, 5.41) is 4.49. The first kappa shape index (κ1) is 11.2. The third-order valence-electron chi connectivity index (χ3n) is 3.02. The van der Waals surface area contributed by atoms with Crippen LogP contribution in [0.2, 0.25) is 0 Å². The minimum absolute atomic E-state index is 0.601. The average Bonchev–Trinajstić information content (AvgIpc) is 2.66. The molecule has 0 spiro atoms. The first-order chi connectivity index (χ1) is 7.81. The zero-order valence-corrected chi connectivity index (χ0v) is 9.96. The van der Waals surface area contributed by atoms with E-state index in [1.807, 2.05) is 7.05 Å². The van der Waals surface area contributed by atoms with Gasteiger partial charge in [-0.25, -0.2) is 0 Å². The highest BCUT2D eigenvalue weighted by molar-refractivity contribution is 5.84. The van der Waals surface area contributed by atoms with Gasteiger partial charge >= 0.3 is 0 Å². The molecule has 0 radical (unpaired) electrons. The van der Waals surface area contributed by atoms with Crippen LogP contribution in [0.3, 0.4) is 0 Å². The largest absolute Gasteiger partial charge is 0.344 e. The summed E-state index contributed by atoms with van der Waals surface area (Å²) in [5.41, 5.74) is 9.60. The predicted molar refractivity (Wildman–Crippen MR) is 68.3 cm³/mol. The van der Waals surface area contributed by atoms with E-state index in [9.17, 15) is 0 Å². The van der Waals surface area contributed by atoms with Crippen LogP contribution in [0.15, 0.2) is 24.3 Å². The van der Waals surface area contributed by atoms with Gasteiger partial charge in [0, 0.05) is 36.2 Å². The summed E-state index contributed by atoms with van der Waals surface area (Å²) < 4.78 is 2.34. The Labute approximate surface area is 96.2 Å². The maximum Gasteiger partial charge on any atom is 0.0486 e. The summed E-state index contributed by atoms with van der Waals surface area (Å²) in [7, 11) is 1.97. The van der Waals surface area contributed by atoms with Gasteiger partial charge in [-0.2, -0.15) is 0 Å². The summed E-state index contributed by atoms with van der Waals surface area (Å²) >= 11 is 0. The molecule has 0 aliphatic heterocycles. The van der Waals surface area contributed by atoms with Crippen LogP contribution in [0.25, 0.3) is 10.9 Å². The Bertz CT molecular complexity index is 485. The van der Waals surface area contributed by atoms with Gasteiger partial charge in [-0.1, -0.05) is 12.1 Å². The molecule has 0 fully saturated rings. The first-order valence-corrected chi connectivity index (χ1v) is 5.76. The average molecular weight is 217 g/mol. The van der Waals surface area contributed by atoms with Gasteiger partial charge < -0.3 is 15.6 Å². The molecule has 0 unspecified atom stereocenters. The number of rotatable bonds is 4. The van der Waals surface area contributed by atoms with Crippen molar-refractivity contribution in [3.8, 4) is 0 Å². The molecule has 1 aromatic carbocycles. The molecule has 0 saturated heterocycles. The molecule has 3 N–H and O–H groups in total. The number of nitrogens with zero attached hydrogens (tertiary/aromatic N) is 1. The van der Waals surface area contributed by atoms with Gasteiger partial charge in [0.1, 0.15) is 0 Å². The van der Waals surface area contributed by atoms with Crippen molar-refractivity contribution < 1.29 is 0 Å². The molecular formula is C13H19N3. The molecule has 86 valence electrons. The zero-order chi connectivity index (χ0) is 11.5. The number of fused-ring (bicyclic) bond motifs is 1. The molecule has 0 atom stereocenters. The zero-order valence-electron chi connectivity index (χ0n) is 9.96. The number of hydrogen-bond acceptors (Lipinski definition) is 2. The topological polar surface area (TPSA) is 43.0 Å². The van der Waals surface area contributed by atoms with Crippen LogP contribution < -0.4 is 11.1 Å². The molecule has 0 aliphatic rings. The normalized spacial score (nSPS) is 11.2. The van der Waals surface area contributed by atoms with Gasteiger partial charge in [0.05, 0.1) is 0 Å². The fraction of sp³-hybridized carbons (Fsp3) is 0.385. The number of hydrogen-bond donors (Lipinski definition) is 2. The second-order valence-corrected chi connectivity index (χ2v) is 3.96. The maximum absolute atomic E-state index is 5.77. The van der Waals surface area contributed by atoms with Crippen LogP contribution in [-0.4, -0.2) is 11.6 Å². The molecule has 3 nitrogen and oxygen atoms in total. The van der Waals surface area contributed by atoms with Crippen molar-refractivity contribution in [2.24, 2.45) is 5.73 Å². The van der Waals surface area contributed by atoms with Gasteiger partial charge in [-0.15, -0.1) is 0 Å². The van der Waals surface area contributed by atoms with E-state index in [0.717, 1.165) is 13.1 Å². The molecule has 2 aromatic rings. The van der Waals surface area contributed by atoms with E-state index in [1.165, 1.54) is 22.2 Å². The Kier molecular flexibility index (Phi) is 3.27. The number of aromatic nitrogens is 1. The van der Waals surface area contributed by atoms with E-state index < -0.39 is 0 Å². The second kappa shape index (κ2) is 4.68. The van der Waals surface area contributed by atoms with E-state index >= 15 is 0 Å². The van der Waals surface area contributed by atoms with E-state index in [4.69, 9.17) is 5.73 Å². The fourth-order valence-electron chi connectivity index (χ4n) is 2.28. The maximum atomic E-state index is 5.77. The summed E-state index contributed by atoms with van der Waals surface area (Å²) in [6, 6.07) is 8.60. The molecule has 1 aromatic heterocycles. The second-order valence-electron chi connectivity index (χ2n) is 3.96. The van der Waals surface area contributed by atoms with Crippen LogP contribution in [-0.2, 0) is 19.6 Å². The van der Waals surface area contributed by atoms with Crippen molar-refractivity contribution in [3.63, 3.8) is 0 Å². The fourth-order valence-corrected chi connectivity index (χ4v) is 2.28.